The fourth-order valence-corrected chi connectivity index (χ4v) is 2.04. The molecule has 0 aliphatic heterocycles. The summed E-state index contributed by atoms with van der Waals surface area (Å²) < 4.78 is 15.1. The number of hydrogen-bond donors (Lipinski definition) is 0. The molecule has 2 aromatic rings. The molecule has 18 heavy (non-hydrogen) atoms. The summed E-state index contributed by atoms with van der Waals surface area (Å²) in [5.74, 6) is -0.777. The second-order valence-corrected chi connectivity index (χ2v) is 4.78. The van der Waals surface area contributed by atoms with E-state index in [0.29, 0.717) is 10.6 Å². The summed E-state index contributed by atoms with van der Waals surface area (Å²) in [6, 6.07) is 4.25. The van der Waals surface area contributed by atoms with E-state index in [-0.39, 0.29) is 16.8 Å². The third-order valence-corrected chi connectivity index (χ3v) is 3.01. The van der Waals surface area contributed by atoms with E-state index >= 15 is 0 Å². The van der Waals surface area contributed by atoms with Gasteiger partial charge in [0.15, 0.2) is 0 Å². The predicted molar refractivity (Wildman–Crippen MR) is 67.1 cm³/mol. The Morgan fingerprint density at radius 1 is 1.56 bits per heavy atom. The molecular weight excluding hydrogens is 328 g/mol. The number of aromatic nitrogens is 2. The molecule has 5 nitrogen and oxygen atoms in total. The van der Waals surface area contributed by atoms with Crippen molar-refractivity contribution in [3.8, 4) is 0 Å². The van der Waals surface area contributed by atoms with Crippen LogP contribution < -0.4 is 0 Å². The van der Waals surface area contributed by atoms with Gasteiger partial charge in [-0.3, -0.25) is 0 Å². The van der Waals surface area contributed by atoms with Gasteiger partial charge in [0.1, 0.15) is 10.3 Å². The minimum Gasteiger partial charge on any atom is -0.358 e. The Hall–Kier alpha value is -1.47. The highest BCUT2D eigenvalue weighted by molar-refractivity contribution is 9.10. The molecule has 0 spiro atoms. The maximum atomic E-state index is 13.5. The van der Waals surface area contributed by atoms with Crippen molar-refractivity contribution in [1.29, 1.82) is 0 Å². The van der Waals surface area contributed by atoms with Crippen LogP contribution in [0.3, 0.4) is 0 Å². The first kappa shape index (κ1) is 13.0. The van der Waals surface area contributed by atoms with Crippen LogP contribution in [-0.4, -0.2) is 14.7 Å². The number of nitrogens with zero attached hydrogens (tertiary/aromatic N) is 3. The molecule has 1 heterocycles. The largest absolute Gasteiger partial charge is 0.404 e. The highest BCUT2D eigenvalue weighted by Gasteiger charge is 2.19. The highest BCUT2D eigenvalue weighted by Crippen LogP contribution is 2.23. The van der Waals surface area contributed by atoms with Gasteiger partial charge >= 0.3 is 5.82 Å². The van der Waals surface area contributed by atoms with E-state index in [9.17, 15) is 14.5 Å². The summed E-state index contributed by atoms with van der Waals surface area (Å²) in [6.45, 7) is 0.0927. The van der Waals surface area contributed by atoms with Gasteiger partial charge < -0.3 is 10.1 Å². The average molecular weight is 335 g/mol. The van der Waals surface area contributed by atoms with Crippen LogP contribution in [0.4, 0.5) is 10.2 Å². The number of hydrogen-bond acceptors (Lipinski definition) is 3. The molecule has 0 unspecified atom stereocenters. The van der Waals surface area contributed by atoms with E-state index in [4.69, 9.17) is 11.6 Å². The van der Waals surface area contributed by atoms with Gasteiger partial charge in [-0.05, 0) is 33.0 Å². The Kier molecular flexibility index (Phi) is 3.63. The van der Waals surface area contributed by atoms with Crippen molar-refractivity contribution in [1.82, 2.24) is 9.78 Å². The standard InChI is InChI=1S/C10H6BrClFN3O2/c11-8-5-15(14-10(8)16(17)18)4-6-1-2-7(12)3-9(6)13/h1-3,5H,4H2. The van der Waals surface area contributed by atoms with E-state index < -0.39 is 10.7 Å². The lowest BCUT2D eigenvalue weighted by Crippen LogP contribution is -2.03. The highest BCUT2D eigenvalue weighted by atomic mass is 79.9. The molecule has 0 N–H and O–H groups in total. The zero-order valence-electron chi connectivity index (χ0n) is 8.81. The van der Waals surface area contributed by atoms with Crippen molar-refractivity contribution in [3.63, 3.8) is 0 Å². The smallest absolute Gasteiger partial charge is 0.358 e. The fourth-order valence-electron chi connectivity index (χ4n) is 1.42. The first-order valence-electron chi connectivity index (χ1n) is 4.78. The minimum atomic E-state index is -0.612. The van der Waals surface area contributed by atoms with Gasteiger partial charge in [-0.25, -0.2) is 4.39 Å². The van der Waals surface area contributed by atoms with Crippen molar-refractivity contribution in [2.45, 2.75) is 6.54 Å². The lowest BCUT2D eigenvalue weighted by atomic mass is 10.2. The van der Waals surface area contributed by atoms with Crippen molar-refractivity contribution in [2.75, 3.05) is 0 Å². The van der Waals surface area contributed by atoms with Crippen molar-refractivity contribution < 1.29 is 9.31 Å². The molecule has 1 aromatic carbocycles. The monoisotopic (exact) mass is 333 g/mol. The average Bonchev–Trinajstić information content (AvgIpc) is 2.64. The van der Waals surface area contributed by atoms with Crippen LogP contribution in [0.1, 0.15) is 5.56 Å². The number of nitro groups is 1. The lowest BCUT2D eigenvalue weighted by Gasteiger charge is -2.00. The Morgan fingerprint density at radius 3 is 2.83 bits per heavy atom. The first-order chi connectivity index (χ1) is 8.47. The molecular formula is C10H6BrClFN3O2. The molecule has 1 aromatic heterocycles. The summed E-state index contributed by atoms with van der Waals surface area (Å²) in [5, 5.41) is 14.6. The maximum Gasteiger partial charge on any atom is 0.404 e. The van der Waals surface area contributed by atoms with Gasteiger partial charge in [0.05, 0.1) is 17.8 Å². The molecule has 2 rings (SSSR count). The Balaban J connectivity index is 2.29. The quantitative estimate of drug-likeness (QED) is 0.638. The van der Waals surface area contributed by atoms with Crippen molar-refractivity contribution in [2.24, 2.45) is 0 Å². The van der Waals surface area contributed by atoms with Gasteiger partial charge in [-0.1, -0.05) is 17.7 Å². The number of benzene rings is 1. The van der Waals surface area contributed by atoms with Gasteiger partial charge in [-0.2, -0.15) is 4.68 Å². The summed E-state index contributed by atoms with van der Waals surface area (Å²) >= 11 is 8.65. The second kappa shape index (κ2) is 5.03. The van der Waals surface area contributed by atoms with Crippen molar-refractivity contribution in [3.05, 3.63) is 55.4 Å². The van der Waals surface area contributed by atoms with Crippen LogP contribution in [0.2, 0.25) is 5.02 Å². The Labute approximate surface area is 114 Å². The van der Waals surface area contributed by atoms with Crippen LogP contribution in [0.25, 0.3) is 0 Å². The third-order valence-electron chi connectivity index (χ3n) is 2.22. The normalized spacial score (nSPS) is 10.6. The SMILES string of the molecule is O=[N+]([O-])c1nn(Cc2ccc(Cl)cc2F)cc1Br. The zero-order valence-corrected chi connectivity index (χ0v) is 11.2. The molecule has 0 aliphatic carbocycles. The van der Waals surface area contributed by atoms with Crippen LogP contribution >= 0.6 is 27.5 Å². The van der Waals surface area contributed by atoms with Gasteiger partial charge in [-0.15, -0.1) is 0 Å². The van der Waals surface area contributed by atoms with Crippen LogP contribution in [-0.2, 0) is 6.54 Å². The molecule has 8 heteroatoms. The molecule has 0 atom stereocenters. The molecule has 0 fully saturated rings. The van der Waals surface area contributed by atoms with E-state index in [1.807, 2.05) is 0 Å². The number of halogens is 3. The minimum absolute atomic E-state index is 0.0927. The van der Waals surface area contributed by atoms with Gasteiger partial charge in [0.2, 0.25) is 0 Å². The Morgan fingerprint density at radius 2 is 2.28 bits per heavy atom. The molecule has 0 radical (unpaired) electrons. The van der Waals surface area contributed by atoms with Crippen LogP contribution in [0.15, 0.2) is 28.9 Å². The topological polar surface area (TPSA) is 61.0 Å². The lowest BCUT2D eigenvalue weighted by molar-refractivity contribution is -0.390. The Bertz CT molecular complexity index is 617. The molecule has 0 saturated heterocycles. The molecule has 94 valence electrons. The summed E-state index contributed by atoms with van der Waals surface area (Å²) in [7, 11) is 0. The maximum absolute atomic E-state index is 13.5. The van der Waals surface area contributed by atoms with Gasteiger partial charge in [0.25, 0.3) is 0 Å². The van der Waals surface area contributed by atoms with E-state index in [1.54, 1.807) is 6.07 Å². The summed E-state index contributed by atoms with van der Waals surface area (Å²) in [6.07, 6.45) is 1.42. The van der Waals surface area contributed by atoms with E-state index in [0.717, 1.165) is 0 Å². The third kappa shape index (κ3) is 2.68. The second-order valence-electron chi connectivity index (χ2n) is 3.49. The molecule has 0 amide bonds. The fraction of sp³-hybridized carbons (Fsp3) is 0.100. The van der Waals surface area contributed by atoms with Crippen molar-refractivity contribution >= 4 is 33.3 Å². The summed E-state index contributed by atoms with van der Waals surface area (Å²) in [5.41, 5.74) is 0.351. The first-order valence-corrected chi connectivity index (χ1v) is 5.95. The summed E-state index contributed by atoms with van der Waals surface area (Å²) in [4.78, 5) is 10.00. The number of rotatable bonds is 3. The molecule has 0 bridgehead atoms. The molecule has 0 saturated carbocycles. The molecule has 0 aliphatic rings. The van der Waals surface area contributed by atoms with E-state index in [2.05, 4.69) is 21.0 Å². The zero-order chi connectivity index (χ0) is 13.3. The van der Waals surface area contributed by atoms with E-state index in [1.165, 1.54) is 23.0 Å². The van der Waals surface area contributed by atoms with Crippen LogP contribution in [0.5, 0.6) is 0 Å². The van der Waals surface area contributed by atoms with Crippen LogP contribution in [0, 0.1) is 15.9 Å². The predicted octanol–water partition coefficient (Wildman–Crippen LogP) is 3.39. The van der Waals surface area contributed by atoms with Gasteiger partial charge in [0, 0.05) is 10.6 Å².